The number of nitrogens with one attached hydrogen (secondary N) is 1. The molecule has 0 bridgehead atoms. The van der Waals surface area contributed by atoms with E-state index in [-0.39, 0.29) is 11.3 Å². The van der Waals surface area contributed by atoms with E-state index in [2.05, 4.69) is 10.3 Å². The minimum absolute atomic E-state index is 0.0614. The first-order chi connectivity index (χ1) is 10.3. The zero-order valence-corrected chi connectivity index (χ0v) is 12.6. The molecule has 1 saturated carbocycles. The fourth-order valence-electron chi connectivity index (χ4n) is 3.00. The van der Waals surface area contributed by atoms with Gasteiger partial charge < -0.3 is 5.32 Å². The van der Waals surface area contributed by atoms with E-state index in [1.165, 1.54) is 12.8 Å². The second kappa shape index (κ2) is 6.44. The van der Waals surface area contributed by atoms with E-state index in [1.54, 1.807) is 6.20 Å². The van der Waals surface area contributed by atoms with Gasteiger partial charge in [0.25, 0.3) is 5.91 Å². The fourth-order valence-corrected chi connectivity index (χ4v) is 3.37. The van der Waals surface area contributed by atoms with E-state index in [1.807, 2.05) is 30.3 Å². The maximum atomic E-state index is 12.4. The second-order valence-electron chi connectivity index (χ2n) is 5.65. The Hall–Kier alpha value is -1.61. The van der Waals surface area contributed by atoms with Crippen LogP contribution in [0.5, 0.6) is 0 Å². The highest BCUT2D eigenvalue weighted by Crippen LogP contribution is 2.28. The first kappa shape index (κ1) is 14.3. The first-order valence-electron chi connectivity index (χ1n) is 7.52. The summed E-state index contributed by atoms with van der Waals surface area (Å²) in [6, 6.07) is 9.53. The van der Waals surface area contributed by atoms with Gasteiger partial charge in [-0.15, -0.1) is 11.6 Å². The lowest BCUT2D eigenvalue weighted by Gasteiger charge is -2.27. The van der Waals surface area contributed by atoms with E-state index in [0.717, 1.165) is 23.7 Å². The predicted molar refractivity (Wildman–Crippen MR) is 85.7 cm³/mol. The van der Waals surface area contributed by atoms with Gasteiger partial charge in [0.1, 0.15) is 0 Å². The normalized spacial score (nSPS) is 22.1. The van der Waals surface area contributed by atoms with Crippen LogP contribution in [0.15, 0.2) is 36.5 Å². The third-order valence-corrected chi connectivity index (χ3v) is 4.79. The number of alkyl halides is 1. The average Bonchev–Trinajstić information content (AvgIpc) is 2.53. The largest absolute Gasteiger partial charge is 0.352 e. The summed E-state index contributed by atoms with van der Waals surface area (Å²) in [6.07, 6.45) is 6.28. The number of halogens is 1. The van der Waals surface area contributed by atoms with Crippen LogP contribution in [0.25, 0.3) is 10.9 Å². The fraction of sp³-hybridized carbons (Fsp3) is 0.412. The van der Waals surface area contributed by atoms with E-state index in [0.29, 0.717) is 18.0 Å². The summed E-state index contributed by atoms with van der Waals surface area (Å²) in [5.41, 5.74) is 1.39. The van der Waals surface area contributed by atoms with Gasteiger partial charge in [0.05, 0.1) is 11.1 Å². The Kier molecular flexibility index (Phi) is 4.39. The molecule has 1 aliphatic carbocycles. The Balaban J connectivity index is 1.72. The molecule has 3 rings (SSSR count). The summed E-state index contributed by atoms with van der Waals surface area (Å²) in [6.45, 7) is 0.649. The Morgan fingerprint density at radius 3 is 2.90 bits per heavy atom. The summed E-state index contributed by atoms with van der Waals surface area (Å²) in [5, 5.41) is 4.20. The highest BCUT2D eigenvalue weighted by atomic mass is 35.5. The van der Waals surface area contributed by atoms with Gasteiger partial charge in [-0.3, -0.25) is 9.78 Å². The van der Waals surface area contributed by atoms with Crippen molar-refractivity contribution in [1.29, 1.82) is 0 Å². The van der Waals surface area contributed by atoms with E-state index >= 15 is 0 Å². The molecule has 0 saturated heterocycles. The molecule has 2 unspecified atom stereocenters. The smallest absolute Gasteiger partial charge is 0.253 e. The second-order valence-corrected chi connectivity index (χ2v) is 6.21. The van der Waals surface area contributed by atoms with Crippen LogP contribution in [0, 0.1) is 5.92 Å². The lowest BCUT2D eigenvalue weighted by molar-refractivity contribution is 0.0945. The molecule has 1 fully saturated rings. The summed E-state index contributed by atoms with van der Waals surface area (Å²) in [5.74, 6) is 0.320. The van der Waals surface area contributed by atoms with Crippen molar-refractivity contribution in [2.45, 2.75) is 31.1 Å². The lowest BCUT2D eigenvalue weighted by Crippen LogP contribution is -2.34. The van der Waals surface area contributed by atoms with Crippen LogP contribution in [0.4, 0.5) is 0 Å². The number of aromatic nitrogens is 1. The molecule has 1 N–H and O–H groups in total. The third-order valence-electron chi connectivity index (χ3n) is 4.22. The number of para-hydroxylation sites is 1. The van der Waals surface area contributed by atoms with E-state index in [9.17, 15) is 4.79 Å². The van der Waals surface area contributed by atoms with Crippen molar-refractivity contribution in [2.24, 2.45) is 5.92 Å². The number of rotatable bonds is 3. The molecule has 1 aromatic carbocycles. The van der Waals surface area contributed by atoms with Crippen LogP contribution in [-0.2, 0) is 0 Å². The van der Waals surface area contributed by atoms with Crippen molar-refractivity contribution in [1.82, 2.24) is 10.3 Å². The summed E-state index contributed by atoms with van der Waals surface area (Å²) in [4.78, 5) is 16.7. The molecule has 0 aliphatic heterocycles. The number of amides is 1. The Morgan fingerprint density at radius 1 is 1.24 bits per heavy atom. The molecule has 1 heterocycles. The molecule has 1 aromatic heterocycles. The Bertz CT molecular complexity index is 638. The summed E-state index contributed by atoms with van der Waals surface area (Å²) in [7, 11) is 0. The van der Waals surface area contributed by atoms with Crippen molar-refractivity contribution in [3.63, 3.8) is 0 Å². The van der Waals surface area contributed by atoms with Gasteiger partial charge >= 0.3 is 0 Å². The van der Waals surface area contributed by atoms with Crippen LogP contribution in [-0.4, -0.2) is 22.8 Å². The van der Waals surface area contributed by atoms with Crippen molar-refractivity contribution in [2.75, 3.05) is 6.54 Å². The minimum atomic E-state index is -0.0614. The van der Waals surface area contributed by atoms with Crippen LogP contribution < -0.4 is 5.32 Å². The van der Waals surface area contributed by atoms with E-state index < -0.39 is 0 Å². The van der Waals surface area contributed by atoms with Crippen molar-refractivity contribution in [3.8, 4) is 0 Å². The molecule has 2 aromatic rings. The maximum absolute atomic E-state index is 12.4. The zero-order valence-electron chi connectivity index (χ0n) is 11.9. The summed E-state index contributed by atoms with van der Waals surface area (Å²) >= 11 is 6.34. The average molecular weight is 303 g/mol. The molecular formula is C17H19ClN2O. The predicted octanol–water partition coefficient (Wildman–Crippen LogP) is 3.76. The topological polar surface area (TPSA) is 42.0 Å². The summed E-state index contributed by atoms with van der Waals surface area (Å²) < 4.78 is 0. The van der Waals surface area contributed by atoms with Crippen molar-refractivity contribution in [3.05, 3.63) is 42.1 Å². The monoisotopic (exact) mass is 302 g/mol. The number of hydrogen-bond donors (Lipinski definition) is 1. The molecule has 2 atom stereocenters. The molecule has 0 radical (unpaired) electrons. The number of carbonyl (C=O) groups excluding carboxylic acids is 1. The van der Waals surface area contributed by atoms with Gasteiger partial charge in [-0.05, 0) is 30.9 Å². The standard InChI is InChI=1S/C17H19ClN2O/c18-15-9-2-1-5-13(15)11-20-17(21)14-8-3-6-12-7-4-10-19-16(12)14/h3-4,6-8,10,13,15H,1-2,5,9,11H2,(H,20,21). The van der Waals surface area contributed by atoms with Gasteiger partial charge in [0.2, 0.25) is 0 Å². The number of hydrogen-bond acceptors (Lipinski definition) is 2. The highest BCUT2D eigenvalue weighted by molar-refractivity contribution is 6.20. The lowest BCUT2D eigenvalue weighted by atomic mass is 9.88. The third kappa shape index (κ3) is 3.18. The maximum Gasteiger partial charge on any atom is 0.253 e. The van der Waals surface area contributed by atoms with Gasteiger partial charge in [-0.2, -0.15) is 0 Å². The molecule has 110 valence electrons. The highest BCUT2D eigenvalue weighted by Gasteiger charge is 2.23. The SMILES string of the molecule is O=C(NCC1CCCCC1Cl)c1cccc2cccnc12. The number of carbonyl (C=O) groups is 1. The van der Waals surface area contributed by atoms with Gasteiger partial charge in [0, 0.05) is 23.5 Å². The molecule has 21 heavy (non-hydrogen) atoms. The number of fused-ring (bicyclic) bond motifs is 1. The zero-order chi connectivity index (χ0) is 14.7. The molecule has 3 nitrogen and oxygen atoms in total. The molecule has 0 spiro atoms. The number of pyridine rings is 1. The van der Waals surface area contributed by atoms with Gasteiger partial charge in [-0.25, -0.2) is 0 Å². The van der Waals surface area contributed by atoms with Crippen molar-refractivity contribution < 1.29 is 4.79 Å². The van der Waals surface area contributed by atoms with Crippen LogP contribution in [0.3, 0.4) is 0 Å². The van der Waals surface area contributed by atoms with Crippen LogP contribution in [0.2, 0.25) is 0 Å². The first-order valence-corrected chi connectivity index (χ1v) is 7.95. The van der Waals surface area contributed by atoms with Crippen LogP contribution in [0.1, 0.15) is 36.0 Å². The quantitative estimate of drug-likeness (QED) is 0.877. The van der Waals surface area contributed by atoms with E-state index in [4.69, 9.17) is 11.6 Å². The van der Waals surface area contributed by atoms with Gasteiger partial charge in [-0.1, -0.05) is 31.0 Å². The number of nitrogens with zero attached hydrogens (tertiary/aromatic N) is 1. The van der Waals surface area contributed by atoms with Gasteiger partial charge in [0.15, 0.2) is 0 Å². The Labute approximate surface area is 129 Å². The molecule has 4 heteroatoms. The van der Waals surface area contributed by atoms with Crippen molar-refractivity contribution >= 4 is 28.4 Å². The van der Waals surface area contributed by atoms with Crippen LogP contribution >= 0.6 is 11.6 Å². The molecule has 1 aliphatic rings. The number of benzene rings is 1. The minimum Gasteiger partial charge on any atom is -0.352 e. The molecular weight excluding hydrogens is 284 g/mol. The Morgan fingerprint density at radius 2 is 2.05 bits per heavy atom. The molecule has 1 amide bonds.